The topological polar surface area (TPSA) is 101 Å². The molecule has 8 heteroatoms. The number of carboxylic acid groups (broad SMARTS) is 1. The number of aromatic carboxylic acids is 1. The van der Waals surface area contributed by atoms with Gasteiger partial charge in [0.2, 0.25) is 0 Å². The van der Waals surface area contributed by atoms with E-state index in [1.807, 2.05) is 16.7 Å². The van der Waals surface area contributed by atoms with E-state index in [9.17, 15) is 14.7 Å². The largest absolute Gasteiger partial charge is 0.477 e. The van der Waals surface area contributed by atoms with Crippen molar-refractivity contribution in [1.29, 1.82) is 5.26 Å². The van der Waals surface area contributed by atoms with Crippen molar-refractivity contribution in [3.63, 3.8) is 0 Å². The molecule has 0 saturated heterocycles. The van der Waals surface area contributed by atoms with Crippen LogP contribution in [0.25, 0.3) is 15.4 Å². The van der Waals surface area contributed by atoms with E-state index in [0.29, 0.717) is 11.3 Å². The number of nitrogens with zero attached hydrogens (tertiary/aromatic N) is 4. The van der Waals surface area contributed by atoms with E-state index in [-0.39, 0.29) is 0 Å². The summed E-state index contributed by atoms with van der Waals surface area (Å²) in [5.41, 5.74) is -0.307. The van der Waals surface area contributed by atoms with Gasteiger partial charge in [-0.25, -0.2) is 14.3 Å². The summed E-state index contributed by atoms with van der Waals surface area (Å²) in [6.45, 7) is 1.61. The molecule has 114 valence electrons. The van der Waals surface area contributed by atoms with Crippen LogP contribution in [-0.2, 0) is 0 Å². The minimum Gasteiger partial charge on any atom is -0.477 e. The quantitative estimate of drug-likeness (QED) is 0.794. The molecule has 0 atom stereocenters. The molecule has 3 aromatic rings. The minimum atomic E-state index is -1.35. The van der Waals surface area contributed by atoms with Crippen LogP contribution >= 0.6 is 11.3 Å². The van der Waals surface area contributed by atoms with Crippen LogP contribution in [0, 0.1) is 18.4 Å². The van der Waals surface area contributed by atoms with Crippen LogP contribution in [0.1, 0.15) is 16.1 Å². The molecular weight excluding hydrogens is 316 g/mol. The molecule has 0 radical (unpaired) electrons. The van der Waals surface area contributed by atoms with Crippen molar-refractivity contribution in [3.05, 3.63) is 58.5 Å². The zero-order valence-electron chi connectivity index (χ0n) is 11.9. The molecule has 7 nitrogen and oxygen atoms in total. The fourth-order valence-electron chi connectivity index (χ4n) is 2.23. The van der Waals surface area contributed by atoms with Crippen LogP contribution in [0.3, 0.4) is 0 Å². The zero-order valence-corrected chi connectivity index (χ0v) is 12.7. The van der Waals surface area contributed by atoms with Crippen LogP contribution in [0.5, 0.6) is 0 Å². The highest BCUT2D eigenvalue weighted by molar-refractivity contribution is 7.17. The fraction of sp³-hybridized carbons (Fsp3) is 0.0667. The third kappa shape index (κ3) is 2.43. The Morgan fingerprint density at radius 1 is 1.43 bits per heavy atom. The van der Waals surface area contributed by atoms with E-state index in [4.69, 9.17) is 5.26 Å². The Labute approximate surface area is 134 Å². The lowest BCUT2D eigenvalue weighted by Gasteiger charge is -2.08. The van der Waals surface area contributed by atoms with E-state index in [0.717, 1.165) is 14.4 Å². The molecule has 0 unspecified atom stereocenters. The number of hydrogen-bond acceptors (Lipinski definition) is 5. The Kier molecular flexibility index (Phi) is 3.56. The van der Waals surface area contributed by atoms with Gasteiger partial charge in [-0.1, -0.05) is 0 Å². The number of pyridine rings is 1. The smallest absolute Gasteiger partial charge is 0.341 e. The van der Waals surface area contributed by atoms with E-state index >= 15 is 0 Å². The van der Waals surface area contributed by atoms with Crippen molar-refractivity contribution in [3.8, 4) is 21.6 Å². The summed E-state index contributed by atoms with van der Waals surface area (Å²) >= 11 is 1.41. The number of carboxylic acids is 1. The highest BCUT2D eigenvalue weighted by Gasteiger charge is 2.18. The molecule has 3 heterocycles. The number of nitriles is 1. The summed E-state index contributed by atoms with van der Waals surface area (Å²) in [7, 11) is 0. The van der Waals surface area contributed by atoms with Gasteiger partial charge in [0.15, 0.2) is 6.19 Å². The van der Waals surface area contributed by atoms with Gasteiger partial charge in [-0.15, -0.1) is 11.3 Å². The van der Waals surface area contributed by atoms with Crippen LogP contribution in [0.15, 0.2) is 41.7 Å². The van der Waals surface area contributed by atoms with Crippen LogP contribution in [-0.4, -0.2) is 25.2 Å². The lowest BCUT2D eigenvalue weighted by atomic mass is 10.1. The summed E-state index contributed by atoms with van der Waals surface area (Å²) in [4.78, 5) is 28.0. The molecule has 0 aliphatic carbocycles. The molecule has 0 aliphatic heterocycles. The maximum atomic E-state index is 12.0. The Morgan fingerprint density at radius 3 is 2.83 bits per heavy atom. The highest BCUT2D eigenvalue weighted by atomic mass is 32.1. The molecule has 0 spiro atoms. The lowest BCUT2D eigenvalue weighted by Crippen LogP contribution is -2.26. The first-order chi connectivity index (χ1) is 11.0. The van der Waals surface area contributed by atoms with E-state index in [1.54, 1.807) is 31.8 Å². The molecule has 0 saturated carbocycles. The molecule has 1 N–H and O–H groups in total. The second-order valence-corrected chi connectivity index (χ2v) is 5.77. The highest BCUT2D eigenvalue weighted by Crippen LogP contribution is 2.32. The average Bonchev–Trinajstić information content (AvgIpc) is 3.18. The van der Waals surface area contributed by atoms with Crippen molar-refractivity contribution < 1.29 is 9.90 Å². The summed E-state index contributed by atoms with van der Waals surface area (Å²) < 4.78 is 2.62. The molecule has 0 aliphatic rings. The van der Waals surface area contributed by atoms with Gasteiger partial charge in [-0.2, -0.15) is 5.26 Å². The third-order valence-electron chi connectivity index (χ3n) is 3.39. The first kappa shape index (κ1) is 14.7. The van der Waals surface area contributed by atoms with Gasteiger partial charge in [0.05, 0.1) is 6.33 Å². The average molecular weight is 326 g/mol. The number of imidazole rings is 1. The van der Waals surface area contributed by atoms with Gasteiger partial charge < -0.3 is 5.11 Å². The molecule has 3 rings (SSSR count). The maximum absolute atomic E-state index is 12.0. The van der Waals surface area contributed by atoms with Gasteiger partial charge in [0.1, 0.15) is 10.6 Å². The number of aromatic nitrogens is 3. The first-order valence-electron chi connectivity index (χ1n) is 6.51. The van der Waals surface area contributed by atoms with E-state index in [2.05, 4.69) is 4.98 Å². The third-order valence-corrected chi connectivity index (χ3v) is 4.53. The Balaban J connectivity index is 2.21. The Hall–Kier alpha value is -3.18. The van der Waals surface area contributed by atoms with E-state index < -0.39 is 17.1 Å². The van der Waals surface area contributed by atoms with E-state index in [1.165, 1.54) is 17.4 Å². The second-order valence-electron chi connectivity index (χ2n) is 4.71. The normalized spacial score (nSPS) is 10.4. The predicted molar refractivity (Wildman–Crippen MR) is 83.8 cm³/mol. The summed E-state index contributed by atoms with van der Waals surface area (Å²) in [5, 5.41) is 19.2. The predicted octanol–water partition coefficient (Wildman–Crippen LogP) is 2.10. The molecular formula is C15H10N4O3S. The number of carbonyl (C=O) groups is 1. The monoisotopic (exact) mass is 326 g/mol. The van der Waals surface area contributed by atoms with Gasteiger partial charge in [0.25, 0.3) is 5.56 Å². The van der Waals surface area contributed by atoms with Crippen LogP contribution in [0.2, 0.25) is 0 Å². The summed E-state index contributed by atoms with van der Waals surface area (Å²) in [6, 6.07) is 5.00. The first-order valence-corrected chi connectivity index (χ1v) is 7.33. The van der Waals surface area contributed by atoms with Gasteiger partial charge in [0, 0.05) is 28.5 Å². The Bertz CT molecular complexity index is 993. The van der Waals surface area contributed by atoms with Crippen molar-refractivity contribution in [1.82, 2.24) is 14.1 Å². The van der Waals surface area contributed by atoms with Gasteiger partial charge >= 0.3 is 5.97 Å². The molecule has 0 amide bonds. The lowest BCUT2D eigenvalue weighted by molar-refractivity contribution is 0.0694. The van der Waals surface area contributed by atoms with Gasteiger partial charge in [-0.05, 0) is 25.1 Å². The number of rotatable bonds is 3. The number of thiophene rings is 1. The fourth-order valence-corrected chi connectivity index (χ4v) is 3.25. The van der Waals surface area contributed by atoms with Crippen molar-refractivity contribution >= 4 is 17.3 Å². The molecule has 0 bridgehead atoms. The second kappa shape index (κ2) is 5.55. The SMILES string of the molecule is Cc1c(-c2ccc(-n3ccnc3)s2)cc(C(=O)O)c(=O)n1C#N. The van der Waals surface area contributed by atoms with Gasteiger partial charge in [-0.3, -0.25) is 9.36 Å². The maximum Gasteiger partial charge on any atom is 0.341 e. The molecule has 3 aromatic heterocycles. The molecule has 0 fully saturated rings. The standard InChI is InChI=1S/C15H10N4O3S/c1-9-10(6-11(15(21)22)14(20)19(9)7-16)12-2-3-13(23-12)18-5-4-17-8-18/h2-6,8H,1H3,(H,21,22). The van der Waals surface area contributed by atoms with Crippen molar-refractivity contribution in [2.24, 2.45) is 0 Å². The van der Waals surface area contributed by atoms with Crippen LogP contribution in [0.4, 0.5) is 0 Å². The van der Waals surface area contributed by atoms with Crippen LogP contribution < -0.4 is 5.56 Å². The zero-order chi connectivity index (χ0) is 16.6. The minimum absolute atomic E-state index is 0.404. The number of hydrogen-bond donors (Lipinski definition) is 1. The summed E-state index contributed by atoms with van der Waals surface area (Å²) in [6.07, 6.45) is 6.84. The molecule has 0 aromatic carbocycles. The van der Waals surface area contributed by atoms with Crippen molar-refractivity contribution in [2.75, 3.05) is 0 Å². The summed E-state index contributed by atoms with van der Waals surface area (Å²) in [5.74, 6) is -1.35. The Morgan fingerprint density at radius 2 is 2.22 bits per heavy atom. The molecule has 23 heavy (non-hydrogen) atoms. The van der Waals surface area contributed by atoms with Crippen molar-refractivity contribution in [2.45, 2.75) is 6.92 Å².